The predicted molar refractivity (Wildman–Crippen MR) is 114 cm³/mol. The third-order valence-electron chi connectivity index (χ3n) is 5.32. The molecule has 2 N–H and O–H groups in total. The van der Waals surface area contributed by atoms with Crippen LogP contribution in [0.4, 0.5) is 11.4 Å². The molecule has 0 radical (unpaired) electrons. The highest BCUT2D eigenvalue weighted by Crippen LogP contribution is 2.22. The first kappa shape index (κ1) is 19.1. The Labute approximate surface area is 169 Å². The summed E-state index contributed by atoms with van der Waals surface area (Å²) in [7, 11) is 0. The van der Waals surface area contributed by atoms with Crippen LogP contribution in [0.25, 0.3) is 10.9 Å². The second-order valence-electron chi connectivity index (χ2n) is 7.38. The summed E-state index contributed by atoms with van der Waals surface area (Å²) < 4.78 is 5.38. The molecular formula is C23H25N3O3. The summed E-state index contributed by atoms with van der Waals surface area (Å²) in [5.41, 5.74) is 3.13. The molecule has 1 fully saturated rings. The van der Waals surface area contributed by atoms with Crippen molar-refractivity contribution < 1.29 is 14.3 Å². The summed E-state index contributed by atoms with van der Waals surface area (Å²) in [6.07, 6.45) is 4.43. The average molecular weight is 391 g/mol. The molecule has 0 unspecified atom stereocenters. The van der Waals surface area contributed by atoms with E-state index in [4.69, 9.17) is 4.74 Å². The number of aromatic amines is 1. The molecular weight excluding hydrogens is 366 g/mol. The van der Waals surface area contributed by atoms with Gasteiger partial charge in [0.1, 0.15) is 0 Å². The Bertz CT molecular complexity index is 1000. The highest BCUT2D eigenvalue weighted by atomic mass is 16.5. The van der Waals surface area contributed by atoms with E-state index in [1.54, 1.807) is 13.1 Å². The van der Waals surface area contributed by atoms with E-state index in [-0.39, 0.29) is 5.91 Å². The fourth-order valence-corrected chi connectivity index (χ4v) is 3.67. The zero-order chi connectivity index (χ0) is 20.2. The lowest BCUT2D eigenvalue weighted by Crippen LogP contribution is -2.30. The fourth-order valence-electron chi connectivity index (χ4n) is 3.67. The number of nitrogens with one attached hydrogen (secondary N) is 2. The maximum atomic E-state index is 12.5. The summed E-state index contributed by atoms with van der Waals surface area (Å²) >= 11 is 0. The molecule has 1 aliphatic rings. The van der Waals surface area contributed by atoms with E-state index in [0.29, 0.717) is 11.3 Å². The number of carbonyl (C=O) groups excluding carboxylic acids is 2. The number of aromatic nitrogens is 1. The third-order valence-corrected chi connectivity index (χ3v) is 5.32. The van der Waals surface area contributed by atoms with Gasteiger partial charge < -0.3 is 19.9 Å². The molecule has 3 aromatic rings. The highest BCUT2D eigenvalue weighted by Gasteiger charge is 2.21. The van der Waals surface area contributed by atoms with Crippen molar-refractivity contribution in [2.75, 3.05) is 23.3 Å². The van der Waals surface area contributed by atoms with E-state index in [9.17, 15) is 9.59 Å². The molecule has 2 heterocycles. The quantitative estimate of drug-likeness (QED) is 0.635. The Balaban J connectivity index is 1.36. The Morgan fingerprint density at radius 3 is 2.52 bits per heavy atom. The zero-order valence-corrected chi connectivity index (χ0v) is 16.5. The number of hydrogen-bond donors (Lipinski definition) is 2. The van der Waals surface area contributed by atoms with Gasteiger partial charge in [-0.15, -0.1) is 0 Å². The van der Waals surface area contributed by atoms with Crippen molar-refractivity contribution >= 4 is 34.2 Å². The summed E-state index contributed by atoms with van der Waals surface area (Å²) in [5.74, 6) is -0.880. The number of H-pyrrole nitrogens is 1. The highest BCUT2D eigenvalue weighted by molar-refractivity contribution is 6.05. The molecule has 4 rings (SSSR count). The molecule has 1 aromatic heterocycles. The van der Waals surface area contributed by atoms with Gasteiger partial charge in [-0.1, -0.05) is 18.2 Å². The molecule has 1 aliphatic heterocycles. The normalized spacial score (nSPS) is 15.1. The number of anilines is 2. The molecule has 6 nitrogen and oxygen atoms in total. The van der Waals surface area contributed by atoms with Crippen molar-refractivity contribution in [2.24, 2.45) is 0 Å². The second-order valence-corrected chi connectivity index (χ2v) is 7.38. The lowest BCUT2D eigenvalue weighted by atomic mass is 10.1. The zero-order valence-electron chi connectivity index (χ0n) is 16.5. The SMILES string of the molecule is C[C@H](OC(=O)c1c[nH]c2ccccc12)C(=O)Nc1ccc(N2CCCCC2)cc1. The number of nitrogens with zero attached hydrogens (tertiary/aromatic N) is 1. The van der Waals surface area contributed by atoms with Crippen molar-refractivity contribution in [2.45, 2.75) is 32.3 Å². The maximum Gasteiger partial charge on any atom is 0.341 e. The average Bonchev–Trinajstić information content (AvgIpc) is 3.19. The van der Waals surface area contributed by atoms with Crippen LogP contribution < -0.4 is 10.2 Å². The number of carbonyl (C=O) groups is 2. The summed E-state index contributed by atoms with van der Waals surface area (Å²) in [6, 6.07) is 15.3. The number of fused-ring (bicyclic) bond motifs is 1. The van der Waals surface area contributed by atoms with Gasteiger partial charge in [-0.25, -0.2) is 4.79 Å². The van der Waals surface area contributed by atoms with Crippen molar-refractivity contribution in [3.8, 4) is 0 Å². The largest absolute Gasteiger partial charge is 0.449 e. The number of ether oxygens (including phenoxy) is 1. The van der Waals surface area contributed by atoms with Gasteiger partial charge in [-0.05, 0) is 56.5 Å². The number of para-hydroxylation sites is 1. The van der Waals surface area contributed by atoms with Crippen molar-refractivity contribution in [3.05, 3.63) is 60.3 Å². The first-order valence-corrected chi connectivity index (χ1v) is 10.0. The van der Waals surface area contributed by atoms with Gasteiger partial charge in [0.2, 0.25) is 0 Å². The lowest BCUT2D eigenvalue weighted by Gasteiger charge is -2.28. The third kappa shape index (κ3) is 4.26. The minimum atomic E-state index is -0.905. The molecule has 0 saturated carbocycles. The van der Waals surface area contributed by atoms with E-state index in [0.717, 1.165) is 24.0 Å². The van der Waals surface area contributed by atoms with Gasteiger partial charge >= 0.3 is 5.97 Å². The van der Waals surface area contributed by atoms with Gasteiger partial charge in [0.25, 0.3) is 5.91 Å². The van der Waals surface area contributed by atoms with Crippen LogP contribution in [0.2, 0.25) is 0 Å². The Morgan fingerprint density at radius 2 is 1.76 bits per heavy atom. The number of amides is 1. The Hall–Kier alpha value is -3.28. The number of benzene rings is 2. The smallest absolute Gasteiger partial charge is 0.341 e. The van der Waals surface area contributed by atoms with Crippen LogP contribution in [0.1, 0.15) is 36.5 Å². The number of esters is 1. The monoisotopic (exact) mass is 391 g/mol. The van der Waals surface area contributed by atoms with Gasteiger partial charge in [-0.3, -0.25) is 4.79 Å². The first-order valence-electron chi connectivity index (χ1n) is 10.0. The second kappa shape index (κ2) is 8.39. The maximum absolute atomic E-state index is 12.5. The molecule has 0 aliphatic carbocycles. The number of piperidine rings is 1. The van der Waals surface area contributed by atoms with Gasteiger partial charge in [0, 0.05) is 41.6 Å². The van der Waals surface area contributed by atoms with E-state index in [2.05, 4.69) is 15.2 Å². The fraction of sp³-hybridized carbons (Fsp3) is 0.304. The molecule has 6 heteroatoms. The van der Waals surface area contributed by atoms with Crippen LogP contribution in [0, 0.1) is 0 Å². The number of rotatable bonds is 5. The van der Waals surface area contributed by atoms with Crippen molar-refractivity contribution in [1.82, 2.24) is 4.98 Å². The molecule has 1 saturated heterocycles. The van der Waals surface area contributed by atoms with Crippen molar-refractivity contribution in [3.63, 3.8) is 0 Å². The van der Waals surface area contributed by atoms with Crippen LogP contribution in [0.5, 0.6) is 0 Å². The van der Waals surface area contributed by atoms with Gasteiger partial charge in [0.15, 0.2) is 6.10 Å². The minimum Gasteiger partial charge on any atom is -0.449 e. The number of hydrogen-bond acceptors (Lipinski definition) is 4. The van der Waals surface area contributed by atoms with E-state index >= 15 is 0 Å². The van der Waals surface area contributed by atoms with Crippen LogP contribution >= 0.6 is 0 Å². The van der Waals surface area contributed by atoms with E-state index < -0.39 is 12.1 Å². The standard InChI is InChI=1S/C23H25N3O3/c1-16(29-23(28)20-15-24-21-8-4-3-7-19(20)21)22(27)25-17-9-11-18(12-10-17)26-13-5-2-6-14-26/h3-4,7-12,15-16,24H,2,5-6,13-14H2,1H3,(H,25,27)/t16-/m0/s1. The van der Waals surface area contributed by atoms with Crippen molar-refractivity contribution in [1.29, 1.82) is 0 Å². The summed E-state index contributed by atoms with van der Waals surface area (Å²) in [6.45, 7) is 3.73. The Kier molecular flexibility index (Phi) is 5.51. The Morgan fingerprint density at radius 1 is 1.03 bits per heavy atom. The molecule has 150 valence electrons. The topological polar surface area (TPSA) is 74.4 Å². The molecule has 29 heavy (non-hydrogen) atoms. The molecule has 1 atom stereocenters. The molecule has 1 amide bonds. The molecule has 0 bridgehead atoms. The van der Waals surface area contributed by atoms with Crippen LogP contribution in [0.15, 0.2) is 54.7 Å². The van der Waals surface area contributed by atoms with Crippen LogP contribution in [-0.4, -0.2) is 36.1 Å². The van der Waals surface area contributed by atoms with Gasteiger partial charge in [0.05, 0.1) is 5.56 Å². The minimum absolute atomic E-state index is 0.357. The lowest BCUT2D eigenvalue weighted by molar-refractivity contribution is -0.123. The van der Waals surface area contributed by atoms with E-state index in [1.165, 1.54) is 24.9 Å². The molecule has 2 aromatic carbocycles. The van der Waals surface area contributed by atoms with Crippen LogP contribution in [-0.2, 0) is 9.53 Å². The van der Waals surface area contributed by atoms with Gasteiger partial charge in [-0.2, -0.15) is 0 Å². The predicted octanol–water partition coefficient (Wildman–Crippen LogP) is 4.34. The molecule has 0 spiro atoms. The first-order chi connectivity index (χ1) is 14.1. The van der Waals surface area contributed by atoms with E-state index in [1.807, 2.05) is 48.5 Å². The van der Waals surface area contributed by atoms with Crippen LogP contribution in [0.3, 0.4) is 0 Å². The summed E-state index contributed by atoms with van der Waals surface area (Å²) in [5, 5.41) is 3.59. The summed E-state index contributed by atoms with van der Waals surface area (Å²) in [4.78, 5) is 30.3.